The molecule has 1 aliphatic rings. The molecule has 0 saturated heterocycles. The molecule has 1 rings (SSSR count). The Balaban J connectivity index is 2.12. The second-order valence-electron chi connectivity index (χ2n) is 6.45. The van der Waals surface area contributed by atoms with Crippen LogP contribution in [0.4, 0.5) is 0 Å². The van der Waals surface area contributed by atoms with Crippen molar-refractivity contribution in [2.75, 3.05) is 38.2 Å². The quantitative estimate of drug-likeness (QED) is 0.303. The first kappa shape index (κ1) is 21.1. The van der Waals surface area contributed by atoms with Gasteiger partial charge in [-0.15, -0.1) is 0 Å². The number of nitrogens with one attached hydrogen (secondary N) is 3. The lowest BCUT2D eigenvalue weighted by molar-refractivity contribution is -0.122. The van der Waals surface area contributed by atoms with E-state index in [4.69, 9.17) is 0 Å². The van der Waals surface area contributed by atoms with Gasteiger partial charge in [0.05, 0.1) is 0 Å². The van der Waals surface area contributed by atoms with E-state index in [1.165, 1.54) is 44.3 Å². The average Bonchev–Trinajstić information content (AvgIpc) is 2.59. The summed E-state index contributed by atoms with van der Waals surface area (Å²) in [7, 11) is 0. The highest BCUT2D eigenvalue weighted by molar-refractivity contribution is 7.98. The van der Waals surface area contributed by atoms with E-state index in [1.54, 1.807) is 0 Å². The summed E-state index contributed by atoms with van der Waals surface area (Å²) in [6.45, 7) is 5.14. The van der Waals surface area contributed by atoms with Crippen molar-refractivity contribution >= 4 is 23.6 Å². The lowest BCUT2D eigenvalue weighted by Gasteiger charge is -2.20. The average molecular weight is 357 g/mol. The third-order valence-corrected chi connectivity index (χ3v) is 5.01. The van der Waals surface area contributed by atoms with Crippen LogP contribution in [-0.2, 0) is 4.79 Å². The topological polar surface area (TPSA) is 65.5 Å². The van der Waals surface area contributed by atoms with Crippen LogP contribution in [0.25, 0.3) is 0 Å². The second-order valence-corrected chi connectivity index (χ2v) is 7.43. The molecule has 3 N–H and O–H groups in total. The zero-order valence-electron chi connectivity index (χ0n) is 15.5. The number of thioether (sulfide) groups is 1. The van der Waals surface area contributed by atoms with Crippen molar-refractivity contribution < 1.29 is 4.79 Å². The van der Waals surface area contributed by atoms with Gasteiger partial charge in [-0.2, -0.15) is 11.8 Å². The van der Waals surface area contributed by atoms with Crippen molar-refractivity contribution in [1.29, 1.82) is 0 Å². The van der Waals surface area contributed by atoms with Crippen LogP contribution < -0.4 is 16.0 Å². The zero-order chi connectivity index (χ0) is 17.5. The van der Waals surface area contributed by atoms with Crippen molar-refractivity contribution in [3.63, 3.8) is 0 Å². The SMILES string of the molecule is CCNC(=NCCCCSC)NCCNC(=O)CC1CCCCC1. The summed E-state index contributed by atoms with van der Waals surface area (Å²) in [5, 5.41) is 9.56. The Morgan fingerprint density at radius 3 is 2.54 bits per heavy atom. The number of rotatable bonds is 11. The van der Waals surface area contributed by atoms with E-state index >= 15 is 0 Å². The van der Waals surface area contributed by atoms with E-state index in [1.807, 2.05) is 11.8 Å². The van der Waals surface area contributed by atoms with Crippen molar-refractivity contribution in [2.45, 2.75) is 58.3 Å². The van der Waals surface area contributed by atoms with Gasteiger partial charge in [-0.1, -0.05) is 19.3 Å². The molecule has 0 aromatic rings. The largest absolute Gasteiger partial charge is 0.357 e. The minimum Gasteiger partial charge on any atom is -0.357 e. The molecule has 5 nitrogen and oxygen atoms in total. The Morgan fingerprint density at radius 2 is 1.83 bits per heavy atom. The number of carbonyl (C=O) groups excluding carboxylic acids is 1. The first-order valence-corrected chi connectivity index (χ1v) is 10.9. The molecule has 140 valence electrons. The number of carbonyl (C=O) groups is 1. The number of guanidine groups is 1. The fraction of sp³-hybridized carbons (Fsp3) is 0.889. The number of nitrogens with zero attached hydrogens (tertiary/aromatic N) is 1. The van der Waals surface area contributed by atoms with Gasteiger partial charge in [-0.3, -0.25) is 9.79 Å². The van der Waals surface area contributed by atoms with Crippen LogP contribution in [0.1, 0.15) is 58.3 Å². The monoisotopic (exact) mass is 356 g/mol. The molecule has 1 aliphatic carbocycles. The Bertz CT molecular complexity index is 357. The van der Waals surface area contributed by atoms with Gasteiger partial charge < -0.3 is 16.0 Å². The molecular weight excluding hydrogens is 320 g/mol. The van der Waals surface area contributed by atoms with Crippen molar-refractivity contribution in [3.8, 4) is 0 Å². The number of hydrogen-bond donors (Lipinski definition) is 3. The molecule has 1 amide bonds. The van der Waals surface area contributed by atoms with Gasteiger partial charge in [-0.25, -0.2) is 0 Å². The number of hydrogen-bond acceptors (Lipinski definition) is 3. The van der Waals surface area contributed by atoms with Crippen LogP contribution in [0.2, 0.25) is 0 Å². The van der Waals surface area contributed by atoms with Crippen LogP contribution in [0.15, 0.2) is 4.99 Å². The highest BCUT2D eigenvalue weighted by atomic mass is 32.2. The number of aliphatic imine (C=N–C) groups is 1. The van der Waals surface area contributed by atoms with E-state index in [0.29, 0.717) is 25.4 Å². The Hall–Kier alpha value is -0.910. The Labute approximate surface area is 152 Å². The standard InChI is InChI=1S/C18H36N4OS/c1-3-19-18(21-11-7-8-14-24-2)22-13-12-20-17(23)15-16-9-5-4-6-10-16/h16H,3-15H2,1-2H3,(H,20,23)(H2,19,21,22). The minimum atomic E-state index is 0.197. The van der Waals surface area contributed by atoms with Gasteiger partial charge in [0.15, 0.2) is 5.96 Å². The van der Waals surface area contributed by atoms with Crippen molar-refractivity contribution in [1.82, 2.24) is 16.0 Å². The molecule has 0 bridgehead atoms. The summed E-state index contributed by atoms with van der Waals surface area (Å²) in [6, 6.07) is 0. The molecule has 0 atom stereocenters. The van der Waals surface area contributed by atoms with Crippen LogP contribution in [0.5, 0.6) is 0 Å². The third kappa shape index (κ3) is 10.8. The molecule has 24 heavy (non-hydrogen) atoms. The molecule has 0 aromatic heterocycles. The van der Waals surface area contributed by atoms with Crippen LogP contribution in [-0.4, -0.2) is 50.1 Å². The molecule has 0 heterocycles. The molecule has 0 unspecified atom stereocenters. The van der Waals surface area contributed by atoms with Gasteiger partial charge in [0.2, 0.25) is 5.91 Å². The van der Waals surface area contributed by atoms with Gasteiger partial charge in [0.25, 0.3) is 0 Å². The molecule has 0 aromatic carbocycles. The maximum absolute atomic E-state index is 12.0. The molecule has 0 radical (unpaired) electrons. The smallest absolute Gasteiger partial charge is 0.220 e. The predicted molar refractivity (Wildman–Crippen MR) is 106 cm³/mol. The molecule has 0 aliphatic heterocycles. The number of unbranched alkanes of at least 4 members (excludes halogenated alkanes) is 1. The molecule has 1 saturated carbocycles. The van der Waals surface area contributed by atoms with Gasteiger partial charge in [0, 0.05) is 32.6 Å². The van der Waals surface area contributed by atoms with E-state index in [2.05, 4.69) is 34.1 Å². The van der Waals surface area contributed by atoms with Gasteiger partial charge in [0.1, 0.15) is 0 Å². The molecule has 1 fully saturated rings. The summed E-state index contributed by atoms with van der Waals surface area (Å²) in [6.07, 6.45) is 11.5. The lowest BCUT2D eigenvalue weighted by atomic mass is 9.87. The summed E-state index contributed by atoms with van der Waals surface area (Å²) in [5.41, 5.74) is 0. The predicted octanol–water partition coefficient (Wildman–Crippen LogP) is 2.77. The molecule has 0 spiro atoms. The lowest BCUT2D eigenvalue weighted by Crippen LogP contribution is -2.41. The summed E-state index contributed by atoms with van der Waals surface area (Å²) >= 11 is 1.88. The highest BCUT2D eigenvalue weighted by Gasteiger charge is 2.16. The maximum atomic E-state index is 12.0. The summed E-state index contributed by atoms with van der Waals surface area (Å²) in [4.78, 5) is 16.5. The fourth-order valence-corrected chi connectivity index (χ4v) is 3.49. The maximum Gasteiger partial charge on any atom is 0.220 e. The van der Waals surface area contributed by atoms with E-state index in [9.17, 15) is 4.79 Å². The molecule has 6 heteroatoms. The van der Waals surface area contributed by atoms with E-state index in [0.717, 1.165) is 25.5 Å². The van der Waals surface area contributed by atoms with Gasteiger partial charge >= 0.3 is 0 Å². The van der Waals surface area contributed by atoms with Crippen LogP contribution in [0.3, 0.4) is 0 Å². The van der Waals surface area contributed by atoms with E-state index in [-0.39, 0.29) is 5.91 Å². The van der Waals surface area contributed by atoms with Crippen LogP contribution in [0, 0.1) is 5.92 Å². The Kier molecular flexibility index (Phi) is 12.7. The Morgan fingerprint density at radius 1 is 1.08 bits per heavy atom. The summed E-state index contributed by atoms with van der Waals surface area (Å²) < 4.78 is 0. The minimum absolute atomic E-state index is 0.197. The van der Waals surface area contributed by atoms with Crippen molar-refractivity contribution in [2.24, 2.45) is 10.9 Å². The fourth-order valence-electron chi connectivity index (χ4n) is 3.00. The van der Waals surface area contributed by atoms with E-state index < -0.39 is 0 Å². The second kappa shape index (κ2) is 14.4. The van der Waals surface area contributed by atoms with Gasteiger partial charge in [-0.05, 0) is 50.5 Å². The summed E-state index contributed by atoms with van der Waals surface area (Å²) in [5.74, 6) is 2.85. The third-order valence-electron chi connectivity index (χ3n) is 4.31. The molecular formula is C18H36N4OS. The number of amides is 1. The van der Waals surface area contributed by atoms with Crippen molar-refractivity contribution in [3.05, 3.63) is 0 Å². The normalized spacial score (nSPS) is 16.0. The highest BCUT2D eigenvalue weighted by Crippen LogP contribution is 2.25. The first-order valence-electron chi connectivity index (χ1n) is 9.54. The van der Waals surface area contributed by atoms with Crippen LogP contribution >= 0.6 is 11.8 Å². The first-order chi connectivity index (χ1) is 11.8. The zero-order valence-corrected chi connectivity index (χ0v) is 16.3.